The van der Waals surface area contributed by atoms with Crippen LogP contribution in [0.4, 0.5) is 21.6 Å². The van der Waals surface area contributed by atoms with Gasteiger partial charge >= 0.3 is 0 Å². The van der Waals surface area contributed by atoms with Crippen LogP contribution < -0.4 is 10.0 Å². The molecule has 1 fully saturated rings. The molecule has 0 aliphatic carbocycles. The summed E-state index contributed by atoms with van der Waals surface area (Å²) in [5, 5.41) is 3.90. The Bertz CT molecular complexity index is 1360. The largest absolute Gasteiger partial charge is 0.381 e. The fourth-order valence-corrected chi connectivity index (χ4v) is 5.86. The number of nitrogens with one attached hydrogen (secondary N) is 2. The summed E-state index contributed by atoms with van der Waals surface area (Å²) in [6.07, 6.45) is 4.67. The van der Waals surface area contributed by atoms with Crippen molar-refractivity contribution in [3.8, 4) is 0 Å². The molecule has 0 bridgehead atoms. The summed E-state index contributed by atoms with van der Waals surface area (Å²) in [6.45, 7) is 5.86. The molecule has 1 aliphatic heterocycles. The van der Waals surface area contributed by atoms with Crippen molar-refractivity contribution in [1.82, 2.24) is 14.9 Å². The number of hydrogen-bond acceptors (Lipinski definition) is 7. The van der Waals surface area contributed by atoms with E-state index in [4.69, 9.17) is 4.74 Å². The van der Waals surface area contributed by atoms with Crippen molar-refractivity contribution >= 4 is 60.7 Å². The summed E-state index contributed by atoms with van der Waals surface area (Å²) >= 11 is 2.12. The van der Waals surface area contributed by atoms with Crippen LogP contribution in [0.15, 0.2) is 36.7 Å². The van der Waals surface area contributed by atoms with Gasteiger partial charge in [0.1, 0.15) is 18.0 Å². The minimum atomic E-state index is -3.55. The highest BCUT2D eigenvalue weighted by Gasteiger charge is 2.35. The van der Waals surface area contributed by atoms with Gasteiger partial charge in [-0.05, 0) is 68.1 Å². The Labute approximate surface area is 225 Å². The van der Waals surface area contributed by atoms with Gasteiger partial charge in [0.05, 0.1) is 23.6 Å². The quantitative estimate of drug-likeness (QED) is 0.263. The predicted molar refractivity (Wildman–Crippen MR) is 150 cm³/mol. The lowest BCUT2D eigenvalue weighted by Gasteiger charge is -2.43. The number of methoxy groups -OCH3 is 1. The van der Waals surface area contributed by atoms with Crippen molar-refractivity contribution in [3.05, 3.63) is 53.6 Å². The van der Waals surface area contributed by atoms with Gasteiger partial charge in [0, 0.05) is 41.2 Å². The van der Waals surface area contributed by atoms with Crippen LogP contribution in [0, 0.1) is 5.82 Å². The first kappa shape index (κ1) is 27.0. The zero-order valence-electron chi connectivity index (χ0n) is 20.8. The number of rotatable bonds is 8. The van der Waals surface area contributed by atoms with E-state index in [9.17, 15) is 12.8 Å². The Morgan fingerprint density at radius 1 is 1.19 bits per heavy atom. The molecule has 1 aliphatic rings. The van der Waals surface area contributed by atoms with Gasteiger partial charge in [0.2, 0.25) is 10.0 Å². The average Bonchev–Trinajstić information content (AvgIpc) is 2.84. The van der Waals surface area contributed by atoms with E-state index in [0.29, 0.717) is 38.1 Å². The lowest BCUT2D eigenvalue weighted by Crippen LogP contribution is -2.47. The molecule has 0 amide bonds. The van der Waals surface area contributed by atoms with Crippen molar-refractivity contribution < 1.29 is 17.5 Å². The SMILES string of the molecule is COC1CCN(C(C)(C)c2cc3ncnc(Nc4ccc(F)c(CI)c4)c3cc2NS(C)(=O)=O)CC1. The first-order chi connectivity index (χ1) is 17.0. The minimum absolute atomic E-state index is 0.239. The van der Waals surface area contributed by atoms with Crippen LogP contribution in [0.2, 0.25) is 0 Å². The van der Waals surface area contributed by atoms with E-state index in [1.54, 1.807) is 25.3 Å². The van der Waals surface area contributed by atoms with Gasteiger partial charge in [-0.15, -0.1) is 0 Å². The van der Waals surface area contributed by atoms with E-state index >= 15 is 0 Å². The molecule has 1 saturated heterocycles. The number of sulfonamides is 1. The molecule has 0 unspecified atom stereocenters. The summed E-state index contributed by atoms with van der Waals surface area (Å²) in [7, 11) is -1.81. The van der Waals surface area contributed by atoms with E-state index in [2.05, 4.69) is 61.3 Å². The molecule has 0 spiro atoms. The molecule has 0 saturated carbocycles. The summed E-state index contributed by atoms with van der Waals surface area (Å²) in [6, 6.07) is 8.52. The Balaban J connectivity index is 1.78. The number of alkyl halides is 1. The minimum Gasteiger partial charge on any atom is -0.381 e. The zero-order chi connectivity index (χ0) is 26.1. The molecule has 8 nitrogen and oxygen atoms in total. The topological polar surface area (TPSA) is 96.4 Å². The molecule has 4 rings (SSSR count). The van der Waals surface area contributed by atoms with Gasteiger partial charge in [-0.3, -0.25) is 9.62 Å². The number of fused-ring (bicyclic) bond motifs is 1. The second kappa shape index (κ2) is 10.7. The van der Waals surface area contributed by atoms with Gasteiger partial charge in [0.25, 0.3) is 0 Å². The fourth-order valence-electron chi connectivity index (χ4n) is 4.71. The number of nitrogens with zero attached hydrogens (tertiary/aromatic N) is 3. The summed E-state index contributed by atoms with van der Waals surface area (Å²) < 4.78 is 47.4. The summed E-state index contributed by atoms with van der Waals surface area (Å²) in [4.78, 5) is 11.2. The third-order valence-electron chi connectivity index (χ3n) is 6.75. The molecule has 2 N–H and O–H groups in total. The van der Waals surface area contributed by atoms with Crippen molar-refractivity contribution in [2.24, 2.45) is 0 Å². The predicted octanol–water partition coefficient (Wildman–Crippen LogP) is 5.16. The number of likely N-dealkylation sites (tertiary alicyclic amines) is 1. The standard InChI is InChI=1S/C25H31FIN5O3S/c1-25(2,32-9-7-18(35-3)8-10-32)20-13-22-19(12-23(20)31-36(4,33)34)24(29-15-28-22)30-17-5-6-21(26)16(11-17)14-27/h5-6,11-13,15,18,31H,7-10,14H2,1-4H3,(H,28,29,30). The molecular formula is C25H31FIN5O3S. The molecule has 3 aromatic rings. The van der Waals surface area contributed by atoms with Gasteiger partial charge in [0.15, 0.2) is 0 Å². The lowest BCUT2D eigenvalue weighted by atomic mass is 9.87. The summed E-state index contributed by atoms with van der Waals surface area (Å²) in [5.74, 6) is 0.247. The summed E-state index contributed by atoms with van der Waals surface area (Å²) in [5.41, 5.74) is 2.79. The van der Waals surface area contributed by atoms with E-state index in [1.165, 1.54) is 12.4 Å². The highest BCUT2D eigenvalue weighted by atomic mass is 127. The third kappa shape index (κ3) is 5.90. The fraction of sp³-hybridized carbons (Fsp3) is 0.440. The molecule has 36 heavy (non-hydrogen) atoms. The van der Waals surface area contributed by atoms with Gasteiger partial charge in [-0.2, -0.15) is 0 Å². The van der Waals surface area contributed by atoms with Crippen LogP contribution in [0.25, 0.3) is 10.9 Å². The molecule has 2 aromatic carbocycles. The molecule has 0 atom stereocenters. The number of halogens is 2. The molecule has 2 heterocycles. The van der Waals surface area contributed by atoms with Crippen LogP contribution in [0.1, 0.15) is 37.8 Å². The number of piperidine rings is 1. The Kier molecular flexibility index (Phi) is 8.03. The molecular weight excluding hydrogens is 596 g/mol. The Morgan fingerprint density at radius 3 is 2.56 bits per heavy atom. The number of aromatic nitrogens is 2. The maximum absolute atomic E-state index is 14.0. The van der Waals surface area contributed by atoms with Crippen molar-refractivity contribution in [3.63, 3.8) is 0 Å². The number of anilines is 3. The molecule has 194 valence electrons. The first-order valence-corrected chi connectivity index (χ1v) is 15.1. The van der Waals surface area contributed by atoms with E-state index in [-0.39, 0.29) is 11.9 Å². The van der Waals surface area contributed by atoms with Crippen molar-refractivity contribution in [2.75, 3.05) is 36.5 Å². The van der Waals surface area contributed by atoms with Gasteiger partial charge < -0.3 is 10.1 Å². The van der Waals surface area contributed by atoms with Crippen LogP contribution >= 0.6 is 22.6 Å². The second-order valence-electron chi connectivity index (χ2n) is 9.56. The smallest absolute Gasteiger partial charge is 0.229 e. The maximum atomic E-state index is 14.0. The Morgan fingerprint density at radius 2 is 1.92 bits per heavy atom. The number of hydrogen-bond donors (Lipinski definition) is 2. The normalized spacial score (nSPS) is 15.8. The highest BCUT2D eigenvalue weighted by Crippen LogP contribution is 2.39. The zero-order valence-corrected chi connectivity index (χ0v) is 23.8. The number of ether oxygens (including phenoxy) is 1. The Hall–Kier alpha value is -2.09. The van der Waals surface area contributed by atoms with E-state index < -0.39 is 15.6 Å². The molecule has 11 heteroatoms. The first-order valence-electron chi connectivity index (χ1n) is 11.7. The van der Waals surface area contributed by atoms with E-state index in [1.807, 2.05) is 6.07 Å². The van der Waals surface area contributed by atoms with Crippen molar-refractivity contribution in [1.29, 1.82) is 0 Å². The monoisotopic (exact) mass is 627 g/mol. The molecule has 1 aromatic heterocycles. The van der Waals surface area contributed by atoms with Gasteiger partial charge in [-0.25, -0.2) is 22.8 Å². The van der Waals surface area contributed by atoms with Crippen molar-refractivity contribution in [2.45, 2.75) is 42.8 Å². The third-order valence-corrected chi connectivity index (χ3v) is 8.16. The second-order valence-corrected chi connectivity index (χ2v) is 12.1. The van der Waals surface area contributed by atoms with E-state index in [0.717, 1.165) is 37.8 Å². The highest BCUT2D eigenvalue weighted by molar-refractivity contribution is 14.1. The molecule has 0 radical (unpaired) electrons. The van der Waals surface area contributed by atoms with Crippen LogP contribution in [-0.2, 0) is 24.7 Å². The lowest BCUT2D eigenvalue weighted by molar-refractivity contribution is 0.00533. The van der Waals surface area contributed by atoms with Crippen LogP contribution in [-0.4, -0.2) is 55.8 Å². The maximum Gasteiger partial charge on any atom is 0.229 e. The number of benzene rings is 2. The van der Waals surface area contributed by atoms with Crippen LogP contribution in [0.3, 0.4) is 0 Å². The van der Waals surface area contributed by atoms with Gasteiger partial charge in [-0.1, -0.05) is 22.6 Å². The van der Waals surface area contributed by atoms with Crippen LogP contribution in [0.5, 0.6) is 0 Å². The average molecular weight is 628 g/mol.